The lowest BCUT2D eigenvalue weighted by Gasteiger charge is -2.18. The first-order chi connectivity index (χ1) is 7.93. The van der Waals surface area contributed by atoms with Crippen LogP contribution < -0.4 is 5.32 Å². The molecule has 2 heteroatoms. The average molecular weight is 225 g/mol. The van der Waals surface area contributed by atoms with Gasteiger partial charge in [0.25, 0.3) is 0 Å². The third-order valence-corrected chi connectivity index (χ3v) is 3.51. The van der Waals surface area contributed by atoms with Crippen LogP contribution in [0.1, 0.15) is 5.56 Å². The minimum absolute atomic E-state index is 1.17. The van der Waals surface area contributed by atoms with Gasteiger partial charge in [-0.15, -0.1) is 0 Å². The van der Waals surface area contributed by atoms with Gasteiger partial charge in [0.1, 0.15) is 0 Å². The van der Waals surface area contributed by atoms with Gasteiger partial charge >= 0.3 is 0 Å². The van der Waals surface area contributed by atoms with Gasteiger partial charge in [-0.1, -0.05) is 54.2 Å². The summed E-state index contributed by atoms with van der Waals surface area (Å²) in [5.41, 5.74) is 3.59. The maximum atomic E-state index is 3.45. The summed E-state index contributed by atoms with van der Waals surface area (Å²) in [6.45, 7) is 0. The highest BCUT2D eigenvalue weighted by molar-refractivity contribution is 8.02. The van der Waals surface area contributed by atoms with Crippen molar-refractivity contribution >= 4 is 23.1 Å². The van der Waals surface area contributed by atoms with Gasteiger partial charge in [0.15, 0.2) is 0 Å². The monoisotopic (exact) mass is 225 g/mol. The minimum Gasteiger partial charge on any atom is -0.354 e. The summed E-state index contributed by atoms with van der Waals surface area (Å²) in [4.78, 5) is 1.28. The normalized spacial score (nSPS) is 13.6. The Bertz CT molecular complexity index is 531. The Hall–Kier alpha value is -1.67. The van der Waals surface area contributed by atoms with Crippen LogP contribution in [0.2, 0.25) is 0 Å². The SMILES string of the molecule is C1=C(c2ccccc2)Nc2ccccc2S1. The van der Waals surface area contributed by atoms with E-state index in [1.165, 1.54) is 21.8 Å². The van der Waals surface area contributed by atoms with Gasteiger partial charge < -0.3 is 5.32 Å². The van der Waals surface area contributed by atoms with Gasteiger partial charge in [0.05, 0.1) is 11.4 Å². The van der Waals surface area contributed by atoms with Gasteiger partial charge in [0, 0.05) is 10.3 Å². The number of fused-ring (bicyclic) bond motifs is 1. The molecule has 0 saturated heterocycles. The van der Waals surface area contributed by atoms with Gasteiger partial charge in [0.2, 0.25) is 0 Å². The van der Waals surface area contributed by atoms with Crippen molar-refractivity contribution < 1.29 is 0 Å². The first-order valence-corrected chi connectivity index (χ1v) is 6.10. The number of anilines is 1. The number of hydrogen-bond acceptors (Lipinski definition) is 2. The fraction of sp³-hybridized carbons (Fsp3) is 0. The third kappa shape index (κ3) is 1.72. The second-order valence-electron chi connectivity index (χ2n) is 3.64. The molecule has 1 aliphatic rings. The van der Waals surface area contributed by atoms with E-state index in [1.54, 1.807) is 11.8 Å². The van der Waals surface area contributed by atoms with E-state index in [2.05, 4.69) is 59.3 Å². The van der Waals surface area contributed by atoms with Gasteiger partial charge in [-0.3, -0.25) is 0 Å². The fourth-order valence-corrected chi connectivity index (χ4v) is 2.57. The molecule has 0 atom stereocenters. The highest BCUT2D eigenvalue weighted by Gasteiger charge is 2.10. The molecule has 0 radical (unpaired) electrons. The first kappa shape index (κ1) is 9.55. The third-order valence-electron chi connectivity index (χ3n) is 2.54. The largest absolute Gasteiger partial charge is 0.354 e. The molecule has 2 aromatic rings. The Labute approximate surface area is 99.2 Å². The molecular weight excluding hydrogens is 214 g/mol. The highest BCUT2D eigenvalue weighted by Crippen LogP contribution is 2.36. The molecule has 1 heterocycles. The topological polar surface area (TPSA) is 12.0 Å². The van der Waals surface area contributed by atoms with E-state index in [9.17, 15) is 0 Å². The lowest BCUT2D eigenvalue weighted by Crippen LogP contribution is -2.02. The van der Waals surface area contributed by atoms with Crippen LogP contribution >= 0.6 is 11.8 Å². The van der Waals surface area contributed by atoms with Crippen molar-refractivity contribution in [2.45, 2.75) is 4.90 Å². The summed E-state index contributed by atoms with van der Waals surface area (Å²) < 4.78 is 0. The van der Waals surface area contributed by atoms with Gasteiger partial charge in [-0.25, -0.2) is 0 Å². The summed E-state index contributed by atoms with van der Waals surface area (Å²) in [7, 11) is 0. The lowest BCUT2D eigenvalue weighted by atomic mass is 10.1. The van der Waals surface area contributed by atoms with E-state index >= 15 is 0 Å². The number of benzene rings is 2. The van der Waals surface area contributed by atoms with Crippen LogP contribution in [0.4, 0.5) is 5.69 Å². The van der Waals surface area contributed by atoms with Crippen LogP contribution in [0.5, 0.6) is 0 Å². The van der Waals surface area contributed by atoms with Crippen molar-refractivity contribution in [3.8, 4) is 0 Å². The van der Waals surface area contributed by atoms with Crippen molar-refractivity contribution in [1.82, 2.24) is 0 Å². The van der Waals surface area contributed by atoms with E-state index < -0.39 is 0 Å². The number of nitrogens with one attached hydrogen (secondary N) is 1. The Morgan fingerprint density at radius 1 is 0.812 bits per heavy atom. The van der Waals surface area contributed by atoms with E-state index in [-0.39, 0.29) is 0 Å². The second kappa shape index (κ2) is 4.06. The number of thioether (sulfide) groups is 1. The zero-order valence-corrected chi connectivity index (χ0v) is 9.50. The Balaban J connectivity index is 1.95. The van der Waals surface area contributed by atoms with Crippen LogP contribution in [0.15, 0.2) is 64.9 Å². The molecule has 2 aromatic carbocycles. The molecule has 1 N–H and O–H groups in total. The predicted octanol–water partition coefficient (Wildman–Crippen LogP) is 4.20. The quantitative estimate of drug-likeness (QED) is 0.780. The van der Waals surface area contributed by atoms with Gasteiger partial charge in [-0.2, -0.15) is 0 Å². The molecule has 1 aliphatic heterocycles. The summed E-state index contributed by atoms with van der Waals surface area (Å²) in [5.74, 6) is 0. The Morgan fingerprint density at radius 3 is 2.44 bits per heavy atom. The molecule has 0 aromatic heterocycles. The standard InChI is InChI=1S/C14H11NS/c1-2-6-11(7-3-1)13-10-16-14-9-5-4-8-12(14)15-13/h1-10,15H. The fourth-order valence-electron chi connectivity index (χ4n) is 1.73. The second-order valence-corrected chi connectivity index (χ2v) is 4.55. The summed E-state index contributed by atoms with van der Waals surface area (Å²) in [5, 5.41) is 5.62. The number of rotatable bonds is 1. The van der Waals surface area contributed by atoms with E-state index in [1.807, 2.05) is 6.07 Å². The van der Waals surface area contributed by atoms with Crippen molar-refractivity contribution in [1.29, 1.82) is 0 Å². The van der Waals surface area contributed by atoms with Crippen molar-refractivity contribution in [3.05, 3.63) is 65.6 Å². The zero-order valence-electron chi connectivity index (χ0n) is 8.68. The van der Waals surface area contributed by atoms with Gasteiger partial charge in [-0.05, 0) is 17.7 Å². The van der Waals surface area contributed by atoms with E-state index in [0.717, 1.165) is 0 Å². The van der Waals surface area contributed by atoms with Crippen LogP contribution in [0, 0.1) is 0 Å². The maximum absolute atomic E-state index is 3.45. The van der Waals surface area contributed by atoms with Crippen LogP contribution in [0.25, 0.3) is 5.70 Å². The number of hydrogen-bond donors (Lipinski definition) is 1. The molecule has 16 heavy (non-hydrogen) atoms. The van der Waals surface area contributed by atoms with Crippen LogP contribution in [0.3, 0.4) is 0 Å². The Kier molecular flexibility index (Phi) is 2.43. The minimum atomic E-state index is 1.17. The molecule has 1 nitrogen and oxygen atoms in total. The van der Waals surface area contributed by atoms with Crippen molar-refractivity contribution in [2.24, 2.45) is 0 Å². The van der Waals surface area contributed by atoms with Crippen LogP contribution in [-0.2, 0) is 0 Å². The summed E-state index contributed by atoms with van der Waals surface area (Å²) in [6, 6.07) is 18.7. The molecule has 0 amide bonds. The molecule has 0 saturated carbocycles. The maximum Gasteiger partial charge on any atom is 0.0526 e. The molecule has 0 unspecified atom stereocenters. The molecule has 0 aliphatic carbocycles. The van der Waals surface area contributed by atoms with Crippen LogP contribution in [-0.4, -0.2) is 0 Å². The summed E-state index contributed by atoms with van der Waals surface area (Å²) in [6.07, 6.45) is 0. The molecule has 0 fully saturated rings. The van der Waals surface area contributed by atoms with E-state index in [0.29, 0.717) is 0 Å². The highest BCUT2D eigenvalue weighted by atomic mass is 32.2. The number of para-hydroxylation sites is 1. The summed E-state index contributed by atoms with van der Waals surface area (Å²) >= 11 is 1.77. The smallest absolute Gasteiger partial charge is 0.0526 e. The molecule has 3 rings (SSSR count). The molecule has 78 valence electrons. The van der Waals surface area contributed by atoms with Crippen molar-refractivity contribution in [3.63, 3.8) is 0 Å². The predicted molar refractivity (Wildman–Crippen MR) is 70.3 cm³/mol. The van der Waals surface area contributed by atoms with E-state index in [4.69, 9.17) is 0 Å². The zero-order chi connectivity index (χ0) is 10.8. The lowest BCUT2D eigenvalue weighted by molar-refractivity contribution is 1.41. The Morgan fingerprint density at radius 2 is 1.56 bits per heavy atom. The molecule has 0 spiro atoms. The van der Waals surface area contributed by atoms with Crippen molar-refractivity contribution in [2.75, 3.05) is 5.32 Å². The first-order valence-electron chi connectivity index (χ1n) is 5.22. The molecular formula is C14H11NS. The average Bonchev–Trinajstić information content (AvgIpc) is 2.39. The molecule has 0 bridgehead atoms.